The van der Waals surface area contributed by atoms with Crippen molar-refractivity contribution in [3.05, 3.63) is 66.4 Å². The van der Waals surface area contributed by atoms with Gasteiger partial charge in [-0.25, -0.2) is 12.4 Å². The Balaban J connectivity index is 2.14. The summed E-state index contributed by atoms with van der Waals surface area (Å²) in [5, 5.41) is 0.720. The standard InChI is InChI=1S/C17H15NO4S/c1-22-17(19)12-13-6-5-9-16-15(13)10-11-18(16)23(20,21)14-7-3-2-4-8-14/h2-11H,12H2,1H3. The van der Waals surface area contributed by atoms with Crippen molar-refractivity contribution in [1.29, 1.82) is 0 Å². The molecule has 5 nitrogen and oxygen atoms in total. The molecular weight excluding hydrogens is 314 g/mol. The molecule has 0 bridgehead atoms. The van der Waals surface area contributed by atoms with E-state index in [1.807, 2.05) is 0 Å². The van der Waals surface area contributed by atoms with Crippen LogP contribution in [-0.4, -0.2) is 25.5 Å². The lowest BCUT2D eigenvalue weighted by atomic mass is 10.1. The highest BCUT2D eigenvalue weighted by molar-refractivity contribution is 7.90. The first kappa shape index (κ1) is 15.3. The van der Waals surface area contributed by atoms with Crippen molar-refractivity contribution >= 4 is 26.9 Å². The van der Waals surface area contributed by atoms with Crippen LogP contribution in [0.3, 0.4) is 0 Å². The monoisotopic (exact) mass is 329 g/mol. The molecule has 0 unspecified atom stereocenters. The van der Waals surface area contributed by atoms with Gasteiger partial charge in [-0.3, -0.25) is 4.79 Å². The number of carbonyl (C=O) groups excluding carboxylic acids is 1. The number of nitrogens with zero attached hydrogens (tertiary/aromatic N) is 1. The number of fused-ring (bicyclic) bond motifs is 1. The number of rotatable bonds is 4. The summed E-state index contributed by atoms with van der Waals surface area (Å²) in [5.74, 6) is -0.365. The number of carbonyl (C=O) groups is 1. The van der Waals surface area contributed by atoms with Gasteiger partial charge in [0.25, 0.3) is 10.0 Å². The van der Waals surface area contributed by atoms with Crippen LogP contribution in [0.25, 0.3) is 10.9 Å². The predicted molar refractivity (Wildman–Crippen MR) is 86.7 cm³/mol. The first-order chi connectivity index (χ1) is 11.0. The Hall–Kier alpha value is -2.60. The van der Waals surface area contributed by atoms with Gasteiger partial charge in [0.05, 0.1) is 23.9 Å². The fourth-order valence-corrected chi connectivity index (χ4v) is 3.87. The Morgan fingerprint density at radius 2 is 1.78 bits per heavy atom. The zero-order valence-corrected chi connectivity index (χ0v) is 13.3. The van der Waals surface area contributed by atoms with Gasteiger partial charge in [0.15, 0.2) is 0 Å². The molecule has 0 aliphatic carbocycles. The Bertz CT molecular complexity index is 959. The third kappa shape index (κ3) is 2.73. The smallest absolute Gasteiger partial charge is 0.310 e. The molecule has 0 saturated heterocycles. The molecule has 3 aromatic rings. The average Bonchev–Trinajstić information content (AvgIpc) is 3.01. The van der Waals surface area contributed by atoms with Crippen molar-refractivity contribution in [2.24, 2.45) is 0 Å². The average molecular weight is 329 g/mol. The van der Waals surface area contributed by atoms with Gasteiger partial charge in [0.2, 0.25) is 0 Å². The van der Waals surface area contributed by atoms with E-state index in [0.29, 0.717) is 5.52 Å². The Labute approximate surface area is 134 Å². The molecule has 0 fully saturated rings. The molecule has 3 rings (SSSR count). The molecule has 0 spiro atoms. The van der Waals surface area contributed by atoms with Gasteiger partial charge >= 0.3 is 5.97 Å². The molecule has 0 atom stereocenters. The van der Waals surface area contributed by atoms with Crippen molar-refractivity contribution in [3.8, 4) is 0 Å². The zero-order chi connectivity index (χ0) is 16.4. The SMILES string of the molecule is COC(=O)Cc1cccc2c1ccn2S(=O)(=O)c1ccccc1. The van der Waals surface area contributed by atoms with Gasteiger partial charge < -0.3 is 4.74 Å². The van der Waals surface area contributed by atoms with Crippen LogP contribution in [0.5, 0.6) is 0 Å². The maximum absolute atomic E-state index is 12.8. The number of aromatic nitrogens is 1. The number of ether oxygens (including phenoxy) is 1. The first-order valence-corrected chi connectivity index (χ1v) is 8.44. The highest BCUT2D eigenvalue weighted by Gasteiger charge is 2.19. The summed E-state index contributed by atoms with van der Waals surface area (Å²) in [7, 11) is -2.35. The second-order valence-corrected chi connectivity index (χ2v) is 6.85. The molecule has 23 heavy (non-hydrogen) atoms. The molecule has 0 N–H and O–H groups in total. The first-order valence-electron chi connectivity index (χ1n) is 7.00. The predicted octanol–water partition coefficient (Wildman–Crippen LogP) is 2.59. The maximum atomic E-state index is 12.8. The quantitative estimate of drug-likeness (QED) is 0.690. The van der Waals surface area contributed by atoms with Crippen LogP contribution >= 0.6 is 0 Å². The van der Waals surface area contributed by atoms with Crippen molar-refractivity contribution in [2.45, 2.75) is 11.3 Å². The number of hydrogen-bond acceptors (Lipinski definition) is 4. The van der Waals surface area contributed by atoms with Crippen LogP contribution in [-0.2, 0) is 26.0 Å². The Morgan fingerprint density at radius 3 is 2.48 bits per heavy atom. The molecule has 118 valence electrons. The van der Waals surface area contributed by atoms with E-state index in [-0.39, 0.29) is 17.3 Å². The minimum absolute atomic E-state index is 0.100. The molecule has 2 aromatic carbocycles. The van der Waals surface area contributed by atoms with E-state index in [0.717, 1.165) is 10.9 Å². The lowest BCUT2D eigenvalue weighted by Crippen LogP contribution is -2.11. The number of benzene rings is 2. The maximum Gasteiger partial charge on any atom is 0.310 e. The molecule has 1 heterocycles. The second-order valence-electron chi connectivity index (χ2n) is 5.03. The lowest BCUT2D eigenvalue weighted by Gasteiger charge is -2.08. The summed E-state index contributed by atoms with van der Waals surface area (Å²) in [6, 6.07) is 15.2. The minimum atomic E-state index is -3.67. The topological polar surface area (TPSA) is 65.4 Å². The lowest BCUT2D eigenvalue weighted by molar-refractivity contribution is -0.139. The summed E-state index contributed by atoms with van der Waals surface area (Å²) >= 11 is 0. The van der Waals surface area contributed by atoms with Gasteiger partial charge in [-0.1, -0.05) is 30.3 Å². The van der Waals surface area contributed by atoms with Crippen molar-refractivity contribution in [2.75, 3.05) is 7.11 Å². The third-order valence-corrected chi connectivity index (χ3v) is 5.35. The van der Waals surface area contributed by atoms with Crippen molar-refractivity contribution < 1.29 is 17.9 Å². The molecule has 0 aliphatic heterocycles. The highest BCUT2D eigenvalue weighted by Crippen LogP contribution is 2.25. The van der Waals surface area contributed by atoms with Crippen LogP contribution in [0.4, 0.5) is 0 Å². The summed E-state index contributed by atoms with van der Waals surface area (Å²) in [4.78, 5) is 11.7. The van der Waals surface area contributed by atoms with E-state index in [4.69, 9.17) is 0 Å². The van der Waals surface area contributed by atoms with E-state index in [9.17, 15) is 13.2 Å². The number of esters is 1. The van der Waals surface area contributed by atoms with Crippen LogP contribution in [0, 0.1) is 0 Å². The van der Waals surface area contributed by atoms with Crippen LogP contribution in [0.2, 0.25) is 0 Å². The molecule has 0 radical (unpaired) electrons. The molecule has 0 aliphatic rings. The van der Waals surface area contributed by atoms with Crippen molar-refractivity contribution in [3.63, 3.8) is 0 Å². The van der Waals surface area contributed by atoms with Gasteiger partial charge in [0, 0.05) is 11.6 Å². The summed E-state index contributed by atoms with van der Waals surface area (Å²) in [5.41, 5.74) is 1.27. The van der Waals surface area contributed by atoms with Gasteiger partial charge in [-0.05, 0) is 29.8 Å². The normalized spacial score (nSPS) is 11.5. The van der Waals surface area contributed by atoms with Crippen LogP contribution in [0.15, 0.2) is 65.7 Å². The van der Waals surface area contributed by atoms with E-state index in [1.54, 1.807) is 54.6 Å². The zero-order valence-electron chi connectivity index (χ0n) is 12.5. The van der Waals surface area contributed by atoms with E-state index in [1.165, 1.54) is 17.3 Å². The summed E-state index contributed by atoms with van der Waals surface area (Å²) in [6.45, 7) is 0. The largest absolute Gasteiger partial charge is 0.469 e. The van der Waals surface area contributed by atoms with Gasteiger partial charge in [-0.2, -0.15) is 0 Å². The molecule has 0 amide bonds. The van der Waals surface area contributed by atoms with E-state index < -0.39 is 10.0 Å². The van der Waals surface area contributed by atoms with Gasteiger partial charge in [0.1, 0.15) is 0 Å². The second kappa shape index (κ2) is 5.89. The van der Waals surface area contributed by atoms with Gasteiger partial charge in [-0.15, -0.1) is 0 Å². The minimum Gasteiger partial charge on any atom is -0.469 e. The summed E-state index contributed by atoms with van der Waals surface area (Å²) < 4.78 is 31.5. The third-order valence-electron chi connectivity index (χ3n) is 3.65. The summed E-state index contributed by atoms with van der Waals surface area (Å²) in [6.07, 6.45) is 1.61. The molecule has 1 aromatic heterocycles. The van der Waals surface area contributed by atoms with Crippen LogP contribution in [0.1, 0.15) is 5.56 Å². The highest BCUT2D eigenvalue weighted by atomic mass is 32.2. The fraction of sp³-hybridized carbons (Fsp3) is 0.118. The number of methoxy groups -OCH3 is 1. The molecular formula is C17H15NO4S. The molecule has 6 heteroatoms. The number of hydrogen-bond donors (Lipinski definition) is 0. The van der Waals surface area contributed by atoms with Crippen LogP contribution < -0.4 is 0 Å². The Kier molecular flexibility index (Phi) is 3.92. The van der Waals surface area contributed by atoms with E-state index >= 15 is 0 Å². The Morgan fingerprint density at radius 1 is 1.04 bits per heavy atom. The fourth-order valence-electron chi connectivity index (χ4n) is 2.50. The van der Waals surface area contributed by atoms with Crippen molar-refractivity contribution in [1.82, 2.24) is 3.97 Å². The molecule has 0 saturated carbocycles. The van der Waals surface area contributed by atoms with E-state index in [2.05, 4.69) is 4.74 Å².